The molecule has 0 saturated carbocycles. The normalized spacial score (nSPS) is 11.3. The van der Waals surface area contributed by atoms with Gasteiger partial charge in [-0.25, -0.2) is 4.68 Å². The summed E-state index contributed by atoms with van der Waals surface area (Å²) in [6.07, 6.45) is 1.50. The Labute approximate surface area is 188 Å². The van der Waals surface area contributed by atoms with Crippen molar-refractivity contribution in [1.29, 1.82) is 0 Å². The summed E-state index contributed by atoms with van der Waals surface area (Å²) in [5.41, 5.74) is 0.379. The Morgan fingerprint density at radius 3 is 2.37 bits per heavy atom. The smallest absolute Gasteiger partial charge is 0.340 e. The van der Waals surface area contributed by atoms with E-state index < -0.39 is 15.9 Å². The molecule has 0 unspecified atom stereocenters. The first-order chi connectivity index (χ1) is 14.1. The molecule has 0 aliphatic carbocycles. The molecule has 0 saturated heterocycles. The quantitative estimate of drug-likeness (QED) is 0.256. The van der Waals surface area contributed by atoms with E-state index in [4.69, 9.17) is 39.0 Å². The van der Waals surface area contributed by atoms with Crippen molar-refractivity contribution in [3.8, 4) is 5.88 Å². The fraction of sp³-hybridized carbons (Fsp3) is 0.100. The topological polar surface area (TPSA) is 78.3 Å². The van der Waals surface area contributed by atoms with Crippen LogP contribution in [0.3, 0.4) is 0 Å². The van der Waals surface area contributed by atoms with Gasteiger partial charge in [-0.2, -0.15) is 13.5 Å². The van der Waals surface area contributed by atoms with Gasteiger partial charge in [0, 0.05) is 15.6 Å². The molecule has 3 aromatic rings. The van der Waals surface area contributed by atoms with Crippen molar-refractivity contribution in [2.75, 3.05) is 0 Å². The third-order valence-electron chi connectivity index (χ3n) is 4.08. The van der Waals surface area contributed by atoms with E-state index in [0.717, 1.165) is 0 Å². The van der Waals surface area contributed by atoms with Crippen molar-refractivity contribution in [3.63, 3.8) is 0 Å². The molecular formula is C20H15Cl3N2O4S. The second kappa shape index (κ2) is 8.81. The zero-order valence-electron chi connectivity index (χ0n) is 15.6. The number of hydrogen-bond acceptors (Lipinski definition) is 5. The van der Waals surface area contributed by atoms with Crippen LogP contribution in [0, 0.1) is 6.92 Å². The Bertz CT molecular complexity index is 1240. The molecule has 6 nitrogen and oxygen atoms in total. The Hall–Kier alpha value is -2.32. The van der Waals surface area contributed by atoms with Gasteiger partial charge in [-0.3, -0.25) is 4.79 Å². The maximum absolute atomic E-state index is 13.2. The minimum Gasteiger partial charge on any atom is -0.358 e. The lowest BCUT2D eigenvalue weighted by atomic mass is 10.0. The van der Waals surface area contributed by atoms with Gasteiger partial charge < -0.3 is 4.18 Å². The lowest BCUT2D eigenvalue weighted by Gasteiger charge is -2.11. The average Bonchev–Trinajstić information content (AvgIpc) is 2.96. The molecule has 30 heavy (non-hydrogen) atoms. The van der Waals surface area contributed by atoms with Crippen LogP contribution in [0.2, 0.25) is 15.1 Å². The summed E-state index contributed by atoms with van der Waals surface area (Å²) < 4.78 is 32.2. The highest BCUT2D eigenvalue weighted by Crippen LogP contribution is 2.31. The molecule has 0 atom stereocenters. The highest BCUT2D eigenvalue weighted by Gasteiger charge is 2.29. The summed E-state index contributed by atoms with van der Waals surface area (Å²) in [4.78, 5) is 13.1. The molecule has 0 N–H and O–H groups in total. The van der Waals surface area contributed by atoms with Gasteiger partial charge in [0.2, 0.25) is 11.7 Å². The van der Waals surface area contributed by atoms with E-state index >= 15 is 0 Å². The monoisotopic (exact) mass is 484 g/mol. The van der Waals surface area contributed by atoms with Gasteiger partial charge in [-0.15, -0.1) is 6.58 Å². The SMILES string of the molecule is C=CCn1nc(C)c(C(=O)c2ccc(Cl)cc2Cl)c1OS(=O)(=O)c1ccc(Cl)cc1. The molecule has 0 radical (unpaired) electrons. The van der Waals surface area contributed by atoms with Crippen molar-refractivity contribution >= 4 is 50.7 Å². The van der Waals surface area contributed by atoms with Crippen LogP contribution in [0.25, 0.3) is 0 Å². The van der Waals surface area contributed by atoms with Crippen LogP contribution in [0.4, 0.5) is 0 Å². The molecule has 0 aliphatic heterocycles. The van der Waals surface area contributed by atoms with E-state index in [2.05, 4.69) is 11.7 Å². The van der Waals surface area contributed by atoms with Crippen LogP contribution in [0.5, 0.6) is 5.88 Å². The zero-order chi connectivity index (χ0) is 22.1. The highest BCUT2D eigenvalue weighted by atomic mass is 35.5. The number of carbonyl (C=O) groups excluding carboxylic acids is 1. The molecule has 3 rings (SSSR count). The summed E-state index contributed by atoms with van der Waals surface area (Å²) in [5.74, 6) is -0.788. The molecule has 1 heterocycles. The number of allylic oxidation sites excluding steroid dienone is 1. The summed E-state index contributed by atoms with van der Waals surface area (Å²) in [7, 11) is -4.27. The number of halogens is 3. The lowest BCUT2D eigenvalue weighted by molar-refractivity contribution is 0.103. The minimum atomic E-state index is -4.27. The third kappa shape index (κ3) is 4.54. The molecule has 2 aromatic carbocycles. The number of benzene rings is 2. The average molecular weight is 486 g/mol. The van der Waals surface area contributed by atoms with E-state index in [9.17, 15) is 13.2 Å². The number of aryl methyl sites for hydroxylation is 1. The molecule has 0 bridgehead atoms. The first-order valence-corrected chi connectivity index (χ1v) is 11.1. The largest absolute Gasteiger partial charge is 0.358 e. The van der Waals surface area contributed by atoms with E-state index in [0.29, 0.717) is 10.0 Å². The Morgan fingerprint density at radius 1 is 1.13 bits per heavy atom. The van der Waals surface area contributed by atoms with E-state index in [1.807, 2.05) is 0 Å². The van der Waals surface area contributed by atoms with Crippen molar-refractivity contribution in [1.82, 2.24) is 9.78 Å². The summed E-state index contributed by atoms with van der Waals surface area (Å²) in [6, 6.07) is 9.83. The van der Waals surface area contributed by atoms with Crippen LogP contribution in [0.1, 0.15) is 21.6 Å². The van der Waals surface area contributed by atoms with Gasteiger partial charge in [0.25, 0.3) is 0 Å². The molecule has 0 amide bonds. The lowest BCUT2D eigenvalue weighted by Crippen LogP contribution is -2.15. The van der Waals surface area contributed by atoms with Crippen molar-refractivity contribution in [2.24, 2.45) is 0 Å². The van der Waals surface area contributed by atoms with Crippen LogP contribution >= 0.6 is 34.8 Å². The van der Waals surface area contributed by atoms with Gasteiger partial charge >= 0.3 is 10.1 Å². The number of carbonyl (C=O) groups is 1. The van der Waals surface area contributed by atoms with Gasteiger partial charge in [0.05, 0.1) is 17.3 Å². The summed E-state index contributed by atoms with van der Waals surface area (Å²) >= 11 is 17.9. The van der Waals surface area contributed by atoms with Gasteiger partial charge in [-0.1, -0.05) is 40.9 Å². The molecule has 0 fully saturated rings. The molecule has 10 heteroatoms. The molecular weight excluding hydrogens is 471 g/mol. The number of hydrogen-bond donors (Lipinski definition) is 0. The van der Waals surface area contributed by atoms with Gasteiger partial charge in [0.15, 0.2) is 0 Å². The molecule has 1 aromatic heterocycles. The minimum absolute atomic E-state index is 0.0291. The van der Waals surface area contributed by atoms with Crippen LogP contribution < -0.4 is 4.18 Å². The Morgan fingerprint density at radius 2 is 1.77 bits per heavy atom. The van der Waals surface area contributed by atoms with E-state index in [1.54, 1.807) is 6.92 Å². The summed E-state index contributed by atoms with van der Waals surface area (Å²) in [5, 5.41) is 5.08. The molecule has 0 spiro atoms. The fourth-order valence-corrected chi connectivity index (χ4v) is 4.28. The van der Waals surface area contributed by atoms with Gasteiger partial charge in [0.1, 0.15) is 10.5 Å². The van der Waals surface area contributed by atoms with Crippen molar-refractivity contribution < 1.29 is 17.4 Å². The predicted molar refractivity (Wildman–Crippen MR) is 116 cm³/mol. The van der Waals surface area contributed by atoms with Crippen LogP contribution in [-0.2, 0) is 16.7 Å². The van der Waals surface area contributed by atoms with Crippen LogP contribution in [0.15, 0.2) is 60.0 Å². The standard InChI is InChI=1S/C20H15Cl3N2O4S/c1-3-10-25-20(29-30(27,28)15-7-4-13(21)5-8-15)18(12(2)24-25)19(26)16-9-6-14(22)11-17(16)23/h3-9,11H,1,10H2,2H3. The first-order valence-electron chi connectivity index (χ1n) is 8.52. The first kappa shape index (κ1) is 22.4. The number of nitrogens with zero attached hydrogens (tertiary/aromatic N) is 2. The number of rotatable bonds is 7. The maximum Gasteiger partial charge on any atom is 0.340 e. The van der Waals surface area contributed by atoms with Crippen molar-refractivity contribution in [3.05, 3.63) is 87.0 Å². The maximum atomic E-state index is 13.2. The molecule has 0 aliphatic rings. The highest BCUT2D eigenvalue weighted by molar-refractivity contribution is 7.87. The second-order valence-electron chi connectivity index (χ2n) is 6.18. The van der Waals surface area contributed by atoms with E-state index in [-0.39, 0.29) is 39.2 Å². The van der Waals surface area contributed by atoms with Crippen molar-refractivity contribution in [2.45, 2.75) is 18.4 Å². The van der Waals surface area contributed by atoms with Gasteiger partial charge in [-0.05, 0) is 49.4 Å². The summed E-state index contributed by atoms with van der Waals surface area (Å²) in [6.45, 7) is 5.31. The molecule has 156 valence electrons. The Kier molecular flexibility index (Phi) is 6.57. The Balaban J connectivity index is 2.12. The predicted octanol–water partition coefficient (Wildman–Crippen LogP) is 5.34. The van der Waals surface area contributed by atoms with Crippen LogP contribution in [-0.4, -0.2) is 24.0 Å². The number of ketones is 1. The zero-order valence-corrected chi connectivity index (χ0v) is 18.7. The second-order valence-corrected chi connectivity index (χ2v) is 9.01. The van der Waals surface area contributed by atoms with E-state index in [1.165, 1.54) is 53.2 Å². The third-order valence-corrected chi connectivity index (χ3v) is 6.10. The fourth-order valence-electron chi connectivity index (χ4n) is 2.71. The number of aromatic nitrogens is 2.